The van der Waals surface area contributed by atoms with E-state index in [2.05, 4.69) is 17.0 Å². The number of rotatable bonds is 3. The van der Waals surface area contributed by atoms with E-state index in [0.717, 1.165) is 64.9 Å². The third kappa shape index (κ3) is 4.09. The maximum atomic E-state index is 11.2. The van der Waals surface area contributed by atoms with Crippen LogP contribution in [-0.2, 0) is 4.79 Å². The van der Waals surface area contributed by atoms with Gasteiger partial charge in [-0.25, -0.2) is 0 Å². The van der Waals surface area contributed by atoms with Crippen molar-refractivity contribution in [2.45, 2.75) is 19.8 Å². The van der Waals surface area contributed by atoms with Crippen LogP contribution in [0, 0.1) is 6.92 Å². The Kier molecular flexibility index (Phi) is 5.48. The number of nitrogens with two attached hydrogens (primary N) is 1. The minimum absolute atomic E-state index is 0.372. The fourth-order valence-corrected chi connectivity index (χ4v) is 4.43. The molecular formula is C23H21Cl2N3O. The molecule has 0 spiro atoms. The summed E-state index contributed by atoms with van der Waals surface area (Å²) in [6.45, 7) is 3.68. The molecule has 0 radical (unpaired) electrons. The van der Waals surface area contributed by atoms with Crippen LogP contribution in [-0.4, -0.2) is 24.0 Å². The average Bonchev–Trinajstić information content (AvgIpc) is 2.67. The summed E-state index contributed by atoms with van der Waals surface area (Å²) in [5, 5.41) is 2.30. The van der Waals surface area contributed by atoms with Gasteiger partial charge in [-0.1, -0.05) is 53.0 Å². The Labute approximate surface area is 179 Å². The zero-order valence-electron chi connectivity index (χ0n) is 16.1. The van der Waals surface area contributed by atoms with E-state index in [0.29, 0.717) is 10.0 Å². The number of carbonyl (C=O) groups excluding carboxylic acids is 1. The number of benzene rings is 2. The Bertz CT molecular complexity index is 1130. The number of piperidine rings is 1. The number of pyridine rings is 1. The third-order valence-electron chi connectivity index (χ3n) is 5.26. The summed E-state index contributed by atoms with van der Waals surface area (Å²) in [5.74, 6) is -0.372. The van der Waals surface area contributed by atoms with Gasteiger partial charge in [-0.2, -0.15) is 0 Å². The second kappa shape index (κ2) is 8.05. The van der Waals surface area contributed by atoms with E-state index in [1.807, 2.05) is 31.2 Å². The molecule has 29 heavy (non-hydrogen) atoms. The molecule has 1 amide bonds. The van der Waals surface area contributed by atoms with Gasteiger partial charge in [0, 0.05) is 57.1 Å². The molecule has 148 valence electrons. The van der Waals surface area contributed by atoms with Crippen LogP contribution in [0.5, 0.6) is 0 Å². The number of fused-ring (bicyclic) bond motifs is 1. The van der Waals surface area contributed by atoms with E-state index >= 15 is 0 Å². The van der Waals surface area contributed by atoms with Crippen LogP contribution in [0.2, 0.25) is 10.0 Å². The van der Waals surface area contributed by atoms with Crippen LogP contribution in [0.4, 0.5) is 5.69 Å². The van der Waals surface area contributed by atoms with Crippen molar-refractivity contribution in [1.82, 2.24) is 4.98 Å². The standard InChI is InChI=1S/C23H21Cl2N3O/c1-14-11-21(28-9-7-15(8-10-28)12-22(26)29)19-4-2-3-18(23(19)27-14)17-6-5-16(24)13-20(17)25/h2-6,11-13H,7-10H2,1H3,(H2,26,29). The Morgan fingerprint density at radius 3 is 2.55 bits per heavy atom. The number of primary amides is 1. The topological polar surface area (TPSA) is 59.2 Å². The van der Waals surface area contributed by atoms with E-state index in [-0.39, 0.29) is 5.91 Å². The van der Waals surface area contributed by atoms with Crippen molar-refractivity contribution in [1.29, 1.82) is 0 Å². The zero-order chi connectivity index (χ0) is 20.5. The van der Waals surface area contributed by atoms with Crippen molar-refractivity contribution < 1.29 is 4.79 Å². The molecule has 0 atom stereocenters. The largest absolute Gasteiger partial charge is 0.370 e. The first-order valence-corrected chi connectivity index (χ1v) is 10.3. The Morgan fingerprint density at radius 2 is 1.86 bits per heavy atom. The summed E-state index contributed by atoms with van der Waals surface area (Å²) in [5.41, 5.74) is 11.3. The number of aromatic nitrogens is 1. The molecule has 1 aliphatic rings. The van der Waals surface area contributed by atoms with E-state index in [9.17, 15) is 4.79 Å². The van der Waals surface area contributed by atoms with Gasteiger partial charge in [0.25, 0.3) is 0 Å². The van der Waals surface area contributed by atoms with Crippen LogP contribution in [0.1, 0.15) is 18.5 Å². The van der Waals surface area contributed by atoms with Gasteiger partial charge in [-0.05, 0) is 38.0 Å². The molecule has 2 heterocycles. The number of carbonyl (C=O) groups is 1. The summed E-state index contributed by atoms with van der Waals surface area (Å²) in [6.07, 6.45) is 3.22. The first kappa shape index (κ1) is 19.7. The smallest absolute Gasteiger partial charge is 0.241 e. The molecule has 2 aromatic carbocycles. The zero-order valence-corrected chi connectivity index (χ0v) is 17.6. The van der Waals surface area contributed by atoms with Crippen LogP contribution < -0.4 is 10.6 Å². The summed E-state index contributed by atoms with van der Waals surface area (Å²) in [4.78, 5) is 18.3. The van der Waals surface area contributed by atoms with Crippen molar-refractivity contribution >= 4 is 45.7 Å². The van der Waals surface area contributed by atoms with Gasteiger partial charge in [0.1, 0.15) is 0 Å². The highest BCUT2D eigenvalue weighted by Crippen LogP contribution is 2.38. The second-order valence-electron chi connectivity index (χ2n) is 7.30. The maximum Gasteiger partial charge on any atom is 0.241 e. The summed E-state index contributed by atoms with van der Waals surface area (Å²) in [6, 6.07) is 13.8. The molecule has 1 fully saturated rings. The second-order valence-corrected chi connectivity index (χ2v) is 8.14. The van der Waals surface area contributed by atoms with Crippen molar-refractivity contribution in [2.24, 2.45) is 5.73 Å². The molecule has 1 aliphatic heterocycles. The summed E-state index contributed by atoms with van der Waals surface area (Å²) in [7, 11) is 0. The van der Waals surface area contributed by atoms with E-state index in [1.54, 1.807) is 12.1 Å². The number of halogens is 2. The number of hydrogen-bond donors (Lipinski definition) is 1. The highest BCUT2D eigenvalue weighted by molar-refractivity contribution is 6.36. The first-order valence-electron chi connectivity index (χ1n) is 9.52. The molecule has 0 aliphatic carbocycles. The molecule has 0 bridgehead atoms. The molecule has 3 aromatic rings. The van der Waals surface area contributed by atoms with E-state index < -0.39 is 0 Å². The third-order valence-corrected chi connectivity index (χ3v) is 5.81. The number of para-hydroxylation sites is 1. The lowest BCUT2D eigenvalue weighted by Gasteiger charge is -2.31. The fourth-order valence-electron chi connectivity index (χ4n) is 3.92. The van der Waals surface area contributed by atoms with Crippen LogP contribution in [0.25, 0.3) is 22.0 Å². The van der Waals surface area contributed by atoms with Crippen molar-refractivity contribution in [3.8, 4) is 11.1 Å². The van der Waals surface area contributed by atoms with Crippen molar-refractivity contribution in [3.63, 3.8) is 0 Å². The number of anilines is 1. The number of aryl methyl sites for hydroxylation is 1. The van der Waals surface area contributed by atoms with Gasteiger partial charge in [-0.15, -0.1) is 0 Å². The van der Waals surface area contributed by atoms with Gasteiger partial charge in [0.15, 0.2) is 0 Å². The first-order chi connectivity index (χ1) is 13.9. The monoisotopic (exact) mass is 425 g/mol. The molecule has 6 heteroatoms. The predicted octanol–water partition coefficient (Wildman–Crippen LogP) is 5.53. The maximum absolute atomic E-state index is 11.2. The van der Waals surface area contributed by atoms with Crippen LogP contribution in [0.15, 0.2) is 54.1 Å². The van der Waals surface area contributed by atoms with Gasteiger partial charge >= 0.3 is 0 Å². The number of nitrogens with zero attached hydrogens (tertiary/aromatic N) is 2. The highest BCUT2D eigenvalue weighted by Gasteiger charge is 2.19. The quantitative estimate of drug-likeness (QED) is 0.561. The van der Waals surface area contributed by atoms with Crippen molar-refractivity contribution in [3.05, 3.63) is 69.9 Å². The molecule has 0 unspecified atom stereocenters. The van der Waals surface area contributed by atoms with Gasteiger partial charge in [-0.3, -0.25) is 9.78 Å². The Morgan fingerprint density at radius 1 is 1.10 bits per heavy atom. The average molecular weight is 426 g/mol. The molecule has 1 aromatic heterocycles. The van der Waals surface area contributed by atoms with Crippen LogP contribution >= 0.6 is 23.2 Å². The highest BCUT2D eigenvalue weighted by atomic mass is 35.5. The van der Waals surface area contributed by atoms with Gasteiger partial charge in [0.2, 0.25) is 5.91 Å². The van der Waals surface area contributed by atoms with Crippen LogP contribution in [0.3, 0.4) is 0 Å². The predicted molar refractivity (Wildman–Crippen MR) is 121 cm³/mol. The molecular weight excluding hydrogens is 405 g/mol. The lowest BCUT2D eigenvalue weighted by atomic mass is 9.98. The minimum Gasteiger partial charge on any atom is -0.370 e. The fraction of sp³-hybridized carbons (Fsp3) is 0.217. The summed E-state index contributed by atoms with van der Waals surface area (Å²) < 4.78 is 0. The Hall–Kier alpha value is -2.56. The van der Waals surface area contributed by atoms with E-state index in [4.69, 9.17) is 33.9 Å². The van der Waals surface area contributed by atoms with Crippen molar-refractivity contribution in [2.75, 3.05) is 18.0 Å². The summed E-state index contributed by atoms with van der Waals surface area (Å²) >= 11 is 12.6. The SMILES string of the molecule is Cc1cc(N2CCC(=CC(N)=O)CC2)c2cccc(-c3ccc(Cl)cc3Cl)c2n1. The van der Waals surface area contributed by atoms with E-state index in [1.165, 1.54) is 0 Å². The molecule has 2 N–H and O–H groups in total. The lowest BCUT2D eigenvalue weighted by Crippen LogP contribution is -2.31. The lowest BCUT2D eigenvalue weighted by molar-refractivity contribution is -0.113. The van der Waals surface area contributed by atoms with Gasteiger partial charge < -0.3 is 10.6 Å². The minimum atomic E-state index is -0.372. The molecule has 4 nitrogen and oxygen atoms in total. The number of amides is 1. The molecule has 1 saturated heterocycles. The molecule has 0 saturated carbocycles. The molecule has 4 rings (SSSR count). The normalized spacial score (nSPS) is 14.3. The Balaban J connectivity index is 1.78. The number of hydrogen-bond acceptors (Lipinski definition) is 3. The van der Waals surface area contributed by atoms with Gasteiger partial charge in [0.05, 0.1) is 5.52 Å².